The Kier molecular flexibility index (Phi) is 10.2. The lowest BCUT2D eigenvalue weighted by atomic mass is 9.74. The summed E-state index contributed by atoms with van der Waals surface area (Å²) < 4.78 is 5.67. The maximum Gasteiger partial charge on any atom is 0.319 e. The Morgan fingerprint density at radius 1 is 0.978 bits per heavy atom. The van der Waals surface area contributed by atoms with Gasteiger partial charge < -0.3 is 25.2 Å². The Bertz CT molecular complexity index is 1510. The Hall–Kier alpha value is -3.98. The summed E-state index contributed by atoms with van der Waals surface area (Å²) in [5, 5.41) is 9.63. The molecule has 2 aliphatic heterocycles. The number of nitrogens with one attached hydrogen (secondary N) is 3. The van der Waals surface area contributed by atoms with Crippen molar-refractivity contribution in [3.8, 4) is 5.75 Å². The number of anilines is 1. The van der Waals surface area contributed by atoms with Gasteiger partial charge >= 0.3 is 6.03 Å². The van der Waals surface area contributed by atoms with Crippen molar-refractivity contribution in [1.29, 1.82) is 0 Å². The van der Waals surface area contributed by atoms with Gasteiger partial charge in [-0.3, -0.25) is 10.3 Å². The van der Waals surface area contributed by atoms with Crippen LogP contribution in [0.15, 0.2) is 89.4 Å². The highest BCUT2D eigenvalue weighted by atomic mass is 16.5. The maximum atomic E-state index is 12.7. The first-order valence-corrected chi connectivity index (χ1v) is 16.4. The van der Waals surface area contributed by atoms with Crippen LogP contribution in [0.5, 0.6) is 5.75 Å². The van der Waals surface area contributed by atoms with Crippen molar-refractivity contribution >= 4 is 17.4 Å². The molecule has 236 valence electrons. The molecule has 1 fully saturated rings. The minimum atomic E-state index is -0.243. The second-order valence-electron chi connectivity index (χ2n) is 12.2. The van der Waals surface area contributed by atoms with Crippen LogP contribution in [-0.2, 0) is 6.54 Å². The second-order valence-corrected chi connectivity index (χ2v) is 12.2. The van der Waals surface area contributed by atoms with Gasteiger partial charge in [-0.1, -0.05) is 60.7 Å². The van der Waals surface area contributed by atoms with Gasteiger partial charge in [0, 0.05) is 61.9 Å². The van der Waals surface area contributed by atoms with Gasteiger partial charge in [-0.25, -0.2) is 4.79 Å². The number of nitrogens with zero attached hydrogens (tertiary/aromatic N) is 3. The molecule has 0 spiro atoms. The fourth-order valence-electron chi connectivity index (χ4n) is 6.58. The minimum Gasteiger partial charge on any atom is -0.494 e. The number of para-hydroxylation sites is 1. The normalized spacial score (nSPS) is 20.0. The van der Waals surface area contributed by atoms with Crippen LogP contribution in [-0.4, -0.2) is 80.6 Å². The van der Waals surface area contributed by atoms with Gasteiger partial charge in [0.25, 0.3) is 0 Å². The molecule has 3 aromatic carbocycles. The highest BCUT2D eigenvalue weighted by Gasteiger charge is 2.31. The lowest BCUT2D eigenvalue weighted by molar-refractivity contribution is 0.152. The zero-order valence-corrected chi connectivity index (χ0v) is 26.6. The van der Waals surface area contributed by atoms with E-state index >= 15 is 0 Å². The van der Waals surface area contributed by atoms with Crippen LogP contribution in [0.25, 0.3) is 0 Å². The molecule has 3 aliphatic rings. The smallest absolute Gasteiger partial charge is 0.319 e. The van der Waals surface area contributed by atoms with E-state index in [0.29, 0.717) is 13.2 Å². The van der Waals surface area contributed by atoms with Crippen LogP contribution < -0.4 is 20.7 Å². The number of fused-ring (bicyclic) bond motifs is 3. The van der Waals surface area contributed by atoms with Gasteiger partial charge in [-0.2, -0.15) is 0 Å². The van der Waals surface area contributed by atoms with E-state index in [0.717, 1.165) is 55.1 Å². The van der Waals surface area contributed by atoms with Crippen LogP contribution in [0.2, 0.25) is 0 Å². The van der Waals surface area contributed by atoms with Gasteiger partial charge in [0.2, 0.25) is 0 Å². The quantitative estimate of drug-likeness (QED) is 0.247. The lowest BCUT2D eigenvalue weighted by Crippen LogP contribution is -2.45. The molecular weight excluding hydrogens is 560 g/mol. The first-order valence-electron chi connectivity index (χ1n) is 16.4. The number of benzene rings is 3. The first-order chi connectivity index (χ1) is 22.1. The topological polar surface area (TPSA) is 81.2 Å². The monoisotopic (exact) mass is 606 g/mol. The lowest BCUT2D eigenvalue weighted by Gasteiger charge is -2.33. The SMILES string of the molecule is CCOc1ccccc1CNC(=O)Nc1ccc(C2CC3=CCC(NCCCN4CCN(C)CC4)N=C3c3ccccc32)cc1. The number of piperazine rings is 1. The van der Waals surface area contributed by atoms with Gasteiger partial charge in [-0.05, 0) is 74.8 Å². The van der Waals surface area contributed by atoms with Crippen LogP contribution in [0.4, 0.5) is 10.5 Å². The van der Waals surface area contributed by atoms with Gasteiger partial charge in [0.15, 0.2) is 0 Å². The van der Waals surface area contributed by atoms with Crippen molar-refractivity contribution in [3.05, 3.63) is 107 Å². The number of rotatable bonds is 11. The summed E-state index contributed by atoms with van der Waals surface area (Å²) in [4.78, 5) is 22.9. The summed E-state index contributed by atoms with van der Waals surface area (Å²) in [5.41, 5.74) is 7.98. The van der Waals surface area contributed by atoms with E-state index in [1.54, 1.807) is 0 Å². The van der Waals surface area contributed by atoms with E-state index in [2.05, 4.69) is 75.3 Å². The molecule has 8 heteroatoms. The third kappa shape index (κ3) is 7.82. The number of hydrogen-bond donors (Lipinski definition) is 3. The molecule has 1 saturated heterocycles. The van der Waals surface area contributed by atoms with E-state index < -0.39 is 0 Å². The van der Waals surface area contributed by atoms with Crippen molar-refractivity contribution in [3.63, 3.8) is 0 Å². The number of ether oxygens (including phenoxy) is 1. The Labute approximate surface area is 267 Å². The number of hydrogen-bond acceptors (Lipinski definition) is 6. The molecule has 0 radical (unpaired) electrons. The van der Waals surface area contributed by atoms with Gasteiger partial charge in [0.1, 0.15) is 11.9 Å². The Morgan fingerprint density at radius 3 is 2.58 bits per heavy atom. The molecule has 45 heavy (non-hydrogen) atoms. The Morgan fingerprint density at radius 2 is 1.76 bits per heavy atom. The third-order valence-corrected chi connectivity index (χ3v) is 9.10. The summed E-state index contributed by atoms with van der Waals surface area (Å²) in [7, 11) is 2.21. The van der Waals surface area contributed by atoms with Gasteiger partial charge in [0.05, 0.1) is 12.3 Å². The summed E-state index contributed by atoms with van der Waals surface area (Å²) >= 11 is 0. The van der Waals surface area contributed by atoms with Crippen LogP contribution in [0.3, 0.4) is 0 Å². The van der Waals surface area contributed by atoms with E-state index in [9.17, 15) is 4.79 Å². The highest BCUT2D eigenvalue weighted by Crippen LogP contribution is 2.41. The zero-order chi connectivity index (χ0) is 31.0. The number of urea groups is 1. The van der Waals surface area contributed by atoms with E-state index in [1.165, 1.54) is 48.4 Å². The molecule has 2 atom stereocenters. The largest absolute Gasteiger partial charge is 0.494 e. The van der Waals surface area contributed by atoms with Crippen LogP contribution in [0.1, 0.15) is 54.4 Å². The summed E-state index contributed by atoms with van der Waals surface area (Å²) in [6, 6.07) is 24.5. The molecule has 0 aromatic heterocycles. The number of dihydropyridines is 1. The van der Waals surface area contributed by atoms with Crippen molar-refractivity contribution in [2.24, 2.45) is 4.99 Å². The minimum absolute atomic E-state index is 0.130. The standard InChI is InChI=1S/C37H46N6O2/c1-3-45-34-12-7-4-9-29(34)26-39-37(44)40-30-16-13-27(14-17-30)33-25-28-15-18-35(41-36(28)32-11-6-5-10-31(32)33)38-19-8-20-43-23-21-42(2)22-24-43/h4-7,9-17,33,35,38H,3,8,18-26H2,1-2H3,(H2,39,40,44). The number of allylic oxidation sites excluding steroid dienone is 1. The number of amides is 2. The third-order valence-electron chi connectivity index (χ3n) is 9.10. The molecule has 1 aliphatic carbocycles. The molecule has 2 unspecified atom stereocenters. The van der Waals surface area contributed by atoms with E-state index in [-0.39, 0.29) is 18.1 Å². The molecule has 0 bridgehead atoms. The average molecular weight is 607 g/mol. The number of carbonyl (C=O) groups is 1. The molecule has 0 saturated carbocycles. The summed E-state index contributed by atoms with van der Waals surface area (Å²) in [6.07, 6.45) is 5.53. The van der Waals surface area contributed by atoms with Crippen molar-refractivity contribution in [2.75, 3.05) is 58.2 Å². The second kappa shape index (κ2) is 14.9. The summed E-state index contributed by atoms with van der Waals surface area (Å²) in [6.45, 7) is 9.75. The van der Waals surface area contributed by atoms with E-state index in [4.69, 9.17) is 9.73 Å². The Balaban J connectivity index is 1.05. The molecule has 6 rings (SSSR count). The maximum absolute atomic E-state index is 12.7. The average Bonchev–Trinajstić information content (AvgIpc) is 3.07. The van der Waals surface area contributed by atoms with Crippen molar-refractivity contribution < 1.29 is 9.53 Å². The van der Waals surface area contributed by atoms with Crippen molar-refractivity contribution in [2.45, 2.75) is 44.8 Å². The van der Waals surface area contributed by atoms with E-state index in [1.807, 2.05) is 43.3 Å². The molecule has 2 amide bonds. The molecule has 3 aromatic rings. The molecule has 3 N–H and O–H groups in total. The predicted molar refractivity (Wildman–Crippen MR) is 182 cm³/mol. The van der Waals surface area contributed by atoms with Crippen molar-refractivity contribution in [1.82, 2.24) is 20.4 Å². The molecule has 8 nitrogen and oxygen atoms in total. The predicted octanol–water partition coefficient (Wildman–Crippen LogP) is 5.62. The van der Waals surface area contributed by atoms with Crippen LogP contribution >= 0.6 is 0 Å². The fourth-order valence-corrected chi connectivity index (χ4v) is 6.58. The molecular formula is C37H46N6O2. The molecule has 2 heterocycles. The highest BCUT2D eigenvalue weighted by molar-refractivity contribution is 6.15. The number of aliphatic imine (C=N–C) groups is 1. The number of likely N-dealkylation sites (N-methyl/N-ethyl adjacent to an activating group) is 1. The summed E-state index contributed by atoms with van der Waals surface area (Å²) in [5.74, 6) is 1.04. The number of carbonyl (C=O) groups excluding carboxylic acids is 1. The zero-order valence-electron chi connectivity index (χ0n) is 26.6. The first kappa shape index (κ1) is 31.0. The van der Waals surface area contributed by atoms with Crippen LogP contribution in [0, 0.1) is 0 Å². The fraction of sp³-hybridized carbons (Fsp3) is 0.405. The van der Waals surface area contributed by atoms with Gasteiger partial charge in [-0.15, -0.1) is 0 Å².